The van der Waals surface area contributed by atoms with Gasteiger partial charge in [-0.15, -0.1) is 0 Å². The molecule has 0 amide bonds. The van der Waals surface area contributed by atoms with Crippen molar-refractivity contribution in [2.75, 3.05) is 49.1 Å². The lowest BCUT2D eigenvalue weighted by molar-refractivity contribution is 0.503. The van der Waals surface area contributed by atoms with Crippen LogP contribution in [-0.2, 0) is 7.05 Å². The van der Waals surface area contributed by atoms with Gasteiger partial charge in [0.05, 0.1) is 17.3 Å². The Kier molecular flexibility index (Phi) is 5.06. The van der Waals surface area contributed by atoms with Gasteiger partial charge in [0.15, 0.2) is 5.65 Å². The van der Waals surface area contributed by atoms with E-state index in [-0.39, 0.29) is 0 Å². The van der Waals surface area contributed by atoms with Gasteiger partial charge in [-0.2, -0.15) is 5.10 Å². The van der Waals surface area contributed by atoms with E-state index in [2.05, 4.69) is 57.4 Å². The average molecular weight is 406 g/mol. The van der Waals surface area contributed by atoms with Crippen molar-refractivity contribution in [1.29, 1.82) is 0 Å². The molecule has 0 aromatic carbocycles. The first-order valence-corrected chi connectivity index (χ1v) is 11.1. The van der Waals surface area contributed by atoms with Gasteiger partial charge in [-0.3, -0.25) is 4.68 Å². The maximum absolute atomic E-state index is 4.84. The smallest absolute Gasteiger partial charge is 0.159 e. The Hall–Kier alpha value is -2.67. The number of rotatable bonds is 3. The number of piperidine rings is 1. The highest BCUT2D eigenvalue weighted by Crippen LogP contribution is 2.35. The third-order valence-electron chi connectivity index (χ3n) is 6.66. The van der Waals surface area contributed by atoms with E-state index in [0.717, 1.165) is 74.7 Å². The number of aromatic nitrogens is 4. The van der Waals surface area contributed by atoms with E-state index < -0.39 is 0 Å². The molecule has 3 aromatic heterocycles. The zero-order valence-electron chi connectivity index (χ0n) is 18.2. The van der Waals surface area contributed by atoms with E-state index in [1.807, 2.05) is 17.9 Å². The van der Waals surface area contributed by atoms with Gasteiger partial charge < -0.3 is 15.1 Å². The third-order valence-corrected chi connectivity index (χ3v) is 6.66. The van der Waals surface area contributed by atoms with Crippen molar-refractivity contribution in [3.63, 3.8) is 0 Å². The molecule has 2 saturated heterocycles. The molecule has 0 aliphatic carbocycles. The van der Waals surface area contributed by atoms with Gasteiger partial charge in [0.2, 0.25) is 0 Å². The predicted octanol–water partition coefficient (Wildman–Crippen LogP) is 2.77. The number of nitrogens with one attached hydrogen (secondary N) is 1. The summed E-state index contributed by atoms with van der Waals surface area (Å²) in [5.74, 6) is 1.71. The highest BCUT2D eigenvalue weighted by atomic mass is 15.3. The maximum Gasteiger partial charge on any atom is 0.159 e. The summed E-state index contributed by atoms with van der Waals surface area (Å²) in [4.78, 5) is 14.4. The second-order valence-corrected chi connectivity index (χ2v) is 8.69. The summed E-state index contributed by atoms with van der Waals surface area (Å²) in [5.41, 5.74) is 6.09. The molecule has 0 atom stereocenters. The lowest BCUT2D eigenvalue weighted by Crippen LogP contribution is -2.43. The third kappa shape index (κ3) is 3.51. The Morgan fingerprint density at radius 3 is 2.47 bits per heavy atom. The Morgan fingerprint density at radius 2 is 1.73 bits per heavy atom. The van der Waals surface area contributed by atoms with Crippen molar-refractivity contribution in [3.05, 3.63) is 41.3 Å². The fourth-order valence-corrected chi connectivity index (χ4v) is 4.96. The lowest BCUT2D eigenvalue weighted by Gasteiger charge is -2.35. The van der Waals surface area contributed by atoms with Crippen LogP contribution in [0.5, 0.6) is 0 Å². The molecule has 1 N–H and O–H groups in total. The van der Waals surface area contributed by atoms with E-state index in [1.54, 1.807) is 0 Å². The van der Waals surface area contributed by atoms with Crippen molar-refractivity contribution in [1.82, 2.24) is 25.1 Å². The van der Waals surface area contributed by atoms with Crippen LogP contribution < -0.4 is 15.1 Å². The van der Waals surface area contributed by atoms with Crippen LogP contribution in [0.4, 0.5) is 11.5 Å². The maximum atomic E-state index is 4.84. The number of piperazine rings is 1. The van der Waals surface area contributed by atoms with Crippen molar-refractivity contribution in [3.8, 4) is 0 Å². The molecule has 7 heteroatoms. The molecular weight excluding hydrogens is 374 g/mol. The van der Waals surface area contributed by atoms with Gasteiger partial charge in [-0.25, -0.2) is 9.97 Å². The number of aryl methyl sites for hydroxylation is 3. The molecule has 2 aliphatic heterocycles. The first kappa shape index (κ1) is 19.3. The van der Waals surface area contributed by atoms with E-state index in [1.165, 1.54) is 16.8 Å². The SMILES string of the molecule is Cc1cc(N2CCC(c3cnc(N4CCNCC4)cc3C)CC2)c2cnn(C)c2n1. The Morgan fingerprint density at radius 1 is 0.967 bits per heavy atom. The predicted molar refractivity (Wildman–Crippen MR) is 121 cm³/mol. The first-order chi connectivity index (χ1) is 14.6. The standard InChI is InChI=1S/C23H31N7/c1-16-12-22(30-10-6-24-7-11-30)25-14-19(16)18-4-8-29(9-5-18)21-13-17(2)27-23-20(21)15-26-28(23)3/h12-15,18,24H,4-11H2,1-3H3. The minimum atomic E-state index is 0.582. The number of hydrogen-bond acceptors (Lipinski definition) is 6. The summed E-state index contributed by atoms with van der Waals surface area (Å²) in [6.07, 6.45) is 6.40. The number of pyridine rings is 2. The number of anilines is 2. The summed E-state index contributed by atoms with van der Waals surface area (Å²) < 4.78 is 1.87. The molecule has 0 unspecified atom stereocenters. The number of nitrogens with zero attached hydrogens (tertiary/aromatic N) is 6. The van der Waals surface area contributed by atoms with E-state index >= 15 is 0 Å². The van der Waals surface area contributed by atoms with Crippen molar-refractivity contribution in [2.24, 2.45) is 7.05 Å². The van der Waals surface area contributed by atoms with Gasteiger partial charge in [-0.1, -0.05) is 0 Å². The number of fused-ring (bicyclic) bond motifs is 1. The molecule has 3 aromatic rings. The normalized spacial score (nSPS) is 18.4. The summed E-state index contributed by atoms with van der Waals surface area (Å²) in [7, 11) is 1.96. The van der Waals surface area contributed by atoms with Crippen LogP contribution in [0, 0.1) is 13.8 Å². The minimum Gasteiger partial charge on any atom is -0.371 e. The van der Waals surface area contributed by atoms with Crippen molar-refractivity contribution < 1.29 is 0 Å². The van der Waals surface area contributed by atoms with E-state index in [0.29, 0.717) is 5.92 Å². The molecular formula is C23H31N7. The van der Waals surface area contributed by atoms with Crippen LogP contribution in [0.1, 0.15) is 35.6 Å². The van der Waals surface area contributed by atoms with Gasteiger partial charge in [0, 0.05) is 58.2 Å². The molecule has 5 rings (SSSR count). The highest BCUT2D eigenvalue weighted by Gasteiger charge is 2.25. The van der Waals surface area contributed by atoms with Crippen molar-refractivity contribution >= 4 is 22.5 Å². The summed E-state index contributed by atoms with van der Waals surface area (Å²) >= 11 is 0. The van der Waals surface area contributed by atoms with Gasteiger partial charge in [0.1, 0.15) is 5.82 Å². The van der Waals surface area contributed by atoms with Crippen molar-refractivity contribution in [2.45, 2.75) is 32.6 Å². The number of hydrogen-bond donors (Lipinski definition) is 1. The molecule has 0 saturated carbocycles. The Balaban J connectivity index is 1.32. The quantitative estimate of drug-likeness (QED) is 0.723. The highest BCUT2D eigenvalue weighted by molar-refractivity contribution is 5.89. The molecule has 5 heterocycles. The average Bonchev–Trinajstić information content (AvgIpc) is 3.14. The Labute approximate surface area is 178 Å². The second-order valence-electron chi connectivity index (χ2n) is 8.69. The van der Waals surface area contributed by atoms with Crippen LogP contribution >= 0.6 is 0 Å². The summed E-state index contributed by atoms with van der Waals surface area (Å²) in [5, 5.41) is 8.99. The Bertz CT molecular complexity index is 1040. The summed E-state index contributed by atoms with van der Waals surface area (Å²) in [6.45, 7) is 10.6. The topological polar surface area (TPSA) is 62.1 Å². The fourth-order valence-electron chi connectivity index (χ4n) is 4.96. The molecule has 0 spiro atoms. The molecule has 30 heavy (non-hydrogen) atoms. The second kappa shape index (κ2) is 7.87. The summed E-state index contributed by atoms with van der Waals surface area (Å²) in [6, 6.07) is 4.50. The van der Waals surface area contributed by atoms with E-state index in [9.17, 15) is 0 Å². The molecule has 2 aliphatic rings. The van der Waals surface area contributed by atoms with Gasteiger partial charge in [-0.05, 0) is 55.9 Å². The van der Waals surface area contributed by atoms with Crippen LogP contribution in [0.2, 0.25) is 0 Å². The van der Waals surface area contributed by atoms with Crippen LogP contribution in [-0.4, -0.2) is 59.0 Å². The monoisotopic (exact) mass is 405 g/mol. The molecule has 158 valence electrons. The first-order valence-electron chi connectivity index (χ1n) is 11.1. The zero-order chi connectivity index (χ0) is 20.7. The van der Waals surface area contributed by atoms with Crippen LogP contribution in [0.25, 0.3) is 11.0 Å². The zero-order valence-corrected chi connectivity index (χ0v) is 18.2. The largest absolute Gasteiger partial charge is 0.371 e. The molecule has 2 fully saturated rings. The van der Waals surface area contributed by atoms with Crippen LogP contribution in [0.3, 0.4) is 0 Å². The van der Waals surface area contributed by atoms with Crippen LogP contribution in [0.15, 0.2) is 24.5 Å². The fraction of sp³-hybridized carbons (Fsp3) is 0.522. The van der Waals surface area contributed by atoms with Gasteiger partial charge in [0.25, 0.3) is 0 Å². The van der Waals surface area contributed by atoms with E-state index in [4.69, 9.17) is 4.98 Å². The van der Waals surface area contributed by atoms with Gasteiger partial charge >= 0.3 is 0 Å². The molecule has 0 bridgehead atoms. The molecule has 0 radical (unpaired) electrons. The molecule has 7 nitrogen and oxygen atoms in total. The minimum absolute atomic E-state index is 0.582. The lowest BCUT2D eigenvalue weighted by atomic mass is 9.87.